The number of amides is 3. The summed E-state index contributed by atoms with van der Waals surface area (Å²) in [6.07, 6.45) is 0.0366. The minimum atomic E-state index is -4.41. The summed E-state index contributed by atoms with van der Waals surface area (Å²) in [4.78, 5) is 87.4. The van der Waals surface area contributed by atoms with Crippen LogP contribution in [0.5, 0.6) is 0 Å². The normalized spacial score (nSPS) is 15.7. The molecule has 15 heteroatoms. The molecule has 4 unspecified atom stereocenters. The lowest BCUT2D eigenvalue weighted by Gasteiger charge is -2.47. The Labute approximate surface area is 442 Å². The van der Waals surface area contributed by atoms with E-state index in [9.17, 15) is 27.6 Å². The van der Waals surface area contributed by atoms with Crippen molar-refractivity contribution in [2.75, 3.05) is 19.8 Å². The molecule has 76 heavy (non-hydrogen) atoms. The van der Waals surface area contributed by atoms with Crippen molar-refractivity contribution in [3.63, 3.8) is 0 Å². The molecule has 6 atom stereocenters. The standard InChI is InChI=1S/C61H57N3O11S/c1-42-32-34-49(35-33-42)76(71,72)63-54(40-74-60(69)47-28-16-6-17-29-47)50(36-43-20-8-2-9-21-43)56(65)62-53(39-73-59(68)46-26-14-5-15-27-46)51(37-44-22-10-3-11-23-44)57(66)64-55(41-75-61(70)48-30-18-7-19-31-48)52(58(64)67)38-45-24-12-4-13-25-45/h2-35,50-55,63H,36-41H2,1H3,(H,62,65)/t50?,51?,52-,53?,54?,55+/m0/s1. The monoisotopic (exact) mass is 1040 g/mol. The van der Waals surface area contributed by atoms with Crippen molar-refractivity contribution in [3.8, 4) is 0 Å². The summed E-state index contributed by atoms with van der Waals surface area (Å²) in [6, 6.07) is 53.8. The Bertz CT molecular complexity index is 3190. The summed E-state index contributed by atoms with van der Waals surface area (Å²) in [5.74, 6) is -7.75. The first kappa shape index (κ1) is 53.8. The summed E-state index contributed by atoms with van der Waals surface area (Å²) in [7, 11) is -4.41. The molecule has 7 aromatic rings. The fourth-order valence-corrected chi connectivity index (χ4v) is 10.4. The van der Waals surface area contributed by atoms with Gasteiger partial charge in [-0.3, -0.25) is 19.3 Å². The molecule has 0 saturated carbocycles. The Morgan fingerprint density at radius 3 is 1.39 bits per heavy atom. The van der Waals surface area contributed by atoms with E-state index in [4.69, 9.17) is 14.2 Å². The lowest BCUT2D eigenvalue weighted by atomic mass is 9.80. The number of carbonyl (C=O) groups is 6. The van der Waals surface area contributed by atoms with Gasteiger partial charge in [-0.05, 0) is 91.4 Å². The number of hydrogen-bond donors (Lipinski definition) is 2. The van der Waals surface area contributed by atoms with Crippen molar-refractivity contribution in [1.82, 2.24) is 14.9 Å². The number of carbonyl (C=O) groups excluding carboxylic acids is 6. The van der Waals surface area contributed by atoms with Crippen LogP contribution in [0.15, 0.2) is 211 Å². The van der Waals surface area contributed by atoms with Gasteiger partial charge in [0.15, 0.2) is 0 Å². The average molecular weight is 1040 g/mol. The molecule has 0 bridgehead atoms. The number of ether oxygens (including phenoxy) is 3. The third-order valence-corrected chi connectivity index (χ3v) is 14.8. The molecule has 0 spiro atoms. The van der Waals surface area contributed by atoms with E-state index in [1.165, 1.54) is 24.3 Å². The highest BCUT2D eigenvalue weighted by Gasteiger charge is 2.53. The fraction of sp³-hybridized carbons (Fsp3) is 0.213. The van der Waals surface area contributed by atoms with Crippen LogP contribution < -0.4 is 10.0 Å². The van der Waals surface area contributed by atoms with Crippen molar-refractivity contribution < 1.29 is 51.4 Å². The summed E-state index contributed by atoms with van der Waals surface area (Å²) in [6.45, 7) is 0.260. The zero-order valence-electron chi connectivity index (χ0n) is 41.7. The van der Waals surface area contributed by atoms with E-state index in [2.05, 4.69) is 10.0 Å². The van der Waals surface area contributed by atoms with Crippen LogP contribution >= 0.6 is 0 Å². The first-order valence-corrected chi connectivity index (χ1v) is 26.4. The molecule has 3 amide bonds. The average Bonchev–Trinajstić information content (AvgIpc) is 3.51. The predicted octanol–water partition coefficient (Wildman–Crippen LogP) is 8.01. The molecule has 7 aromatic carbocycles. The van der Waals surface area contributed by atoms with Crippen LogP contribution in [0, 0.1) is 24.7 Å². The molecule has 0 aromatic heterocycles. The predicted molar refractivity (Wildman–Crippen MR) is 284 cm³/mol. The largest absolute Gasteiger partial charge is 0.460 e. The number of esters is 3. The summed E-state index contributed by atoms with van der Waals surface area (Å²) >= 11 is 0. The Morgan fingerprint density at radius 2 is 0.921 bits per heavy atom. The van der Waals surface area contributed by atoms with Gasteiger partial charge >= 0.3 is 17.9 Å². The van der Waals surface area contributed by atoms with Gasteiger partial charge in [-0.1, -0.05) is 163 Å². The van der Waals surface area contributed by atoms with Crippen LogP contribution in [0.3, 0.4) is 0 Å². The van der Waals surface area contributed by atoms with E-state index < -0.39 is 94.7 Å². The molecule has 1 aliphatic heterocycles. The molecule has 1 heterocycles. The number of aryl methyl sites for hydroxylation is 1. The zero-order chi connectivity index (χ0) is 53.4. The SMILES string of the molecule is Cc1ccc(S(=O)(=O)NC(COC(=O)c2ccccc2)C(Cc2ccccc2)C(=O)NC(COC(=O)c2ccccc2)C(Cc2ccccc2)C(=O)N2C(=O)[C@@H](Cc3ccccc3)[C@H]2COC(=O)c2ccccc2)cc1. The highest BCUT2D eigenvalue weighted by Crippen LogP contribution is 2.34. The van der Waals surface area contributed by atoms with Gasteiger partial charge in [0, 0.05) is 0 Å². The van der Waals surface area contributed by atoms with E-state index in [0.29, 0.717) is 11.1 Å². The summed E-state index contributed by atoms with van der Waals surface area (Å²) in [5, 5.41) is 3.00. The third kappa shape index (κ3) is 14.0. The molecular formula is C61H57N3O11S. The number of rotatable bonds is 23. The van der Waals surface area contributed by atoms with Gasteiger partial charge in [0.2, 0.25) is 27.7 Å². The minimum absolute atomic E-state index is 0.0846. The number of imide groups is 1. The van der Waals surface area contributed by atoms with Crippen LogP contribution in [0.2, 0.25) is 0 Å². The van der Waals surface area contributed by atoms with Gasteiger partial charge in [-0.2, -0.15) is 0 Å². The highest BCUT2D eigenvalue weighted by molar-refractivity contribution is 7.89. The number of nitrogens with one attached hydrogen (secondary N) is 2. The number of nitrogens with zero attached hydrogens (tertiary/aromatic N) is 1. The van der Waals surface area contributed by atoms with E-state index in [1.54, 1.807) is 159 Å². The molecule has 388 valence electrons. The lowest BCUT2D eigenvalue weighted by Crippen LogP contribution is -2.68. The Kier molecular flexibility index (Phi) is 18.1. The molecular weight excluding hydrogens is 983 g/mol. The number of benzene rings is 7. The summed E-state index contributed by atoms with van der Waals surface area (Å²) in [5.41, 5.74) is 3.52. The smallest absolute Gasteiger partial charge is 0.338 e. The lowest BCUT2D eigenvalue weighted by molar-refractivity contribution is -0.172. The van der Waals surface area contributed by atoms with Crippen LogP contribution in [-0.2, 0) is 57.9 Å². The van der Waals surface area contributed by atoms with Crippen LogP contribution in [-0.4, -0.2) is 86.9 Å². The van der Waals surface area contributed by atoms with E-state index >= 15 is 9.59 Å². The van der Waals surface area contributed by atoms with Crippen molar-refractivity contribution >= 4 is 45.7 Å². The number of likely N-dealkylation sites (tertiary alicyclic amines) is 1. The van der Waals surface area contributed by atoms with Gasteiger partial charge in [-0.15, -0.1) is 0 Å². The molecule has 1 saturated heterocycles. The van der Waals surface area contributed by atoms with Gasteiger partial charge in [0.05, 0.1) is 57.5 Å². The number of hydrogen-bond acceptors (Lipinski definition) is 11. The molecule has 2 N–H and O–H groups in total. The quantitative estimate of drug-likeness (QED) is 0.0359. The molecule has 0 radical (unpaired) electrons. The molecule has 1 fully saturated rings. The van der Waals surface area contributed by atoms with E-state index in [1.807, 2.05) is 30.3 Å². The van der Waals surface area contributed by atoms with Crippen molar-refractivity contribution in [1.29, 1.82) is 0 Å². The second-order valence-corrected chi connectivity index (χ2v) is 20.3. The Balaban J connectivity index is 1.19. The zero-order valence-corrected chi connectivity index (χ0v) is 42.5. The van der Waals surface area contributed by atoms with Gasteiger partial charge in [0.25, 0.3) is 0 Å². The second kappa shape index (κ2) is 25.6. The first-order valence-electron chi connectivity index (χ1n) is 24.9. The topological polar surface area (TPSA) is 192 Å². The van der Waals surface area contributed by atoms with Gasteiger partial charge < -0.3 is 19.5 Å². The maximum atomic E-state index is 15.6. The van der Waals surface area contributed by atoms with Crippen LogP contribution in [0.4, 0.5) is 0 Å². The van der Waals surface area contributed by atoms with Crippen LogP contribution in [0.1, 0.15) is 53.3 Å². The van der Waals surface area contributed by atoms with E-state index in [0.717, 1.165) is 16.0 Å². The van der Waals surface area contributed by atoms with Crippen molar-refractivity contribution in [2.24, 2.45) is 17.8 Å². The molecule has 8 rings (SSSR count). The Morgan fingerprint density at radius 1 is 0.513 bits per heavy atom. The third-order valence-electron chi connectivity index (χ3n) is 13.3. The van der Waals surface area contributed by atoms with Crippen molar-refractivity contribution in [3.05, 3.63) is 245 Å². The fourth-order valence-electron chi connectivity index (χ4n) is 9.12. The van der Waals surface area contributed by atoms with Crippen molar-refractivity contribution in [2.45, 2.75) is 49.2 Å². The molecule has 14 nitrogen and oxygen atoms in total. The van der Waals surface area contributed by atoms with Gasteiger partial charge in [0.1, 0.15) is 19.8 Å². The Hall–Kier alpha value is -8.53. The first-order chi connectivity index (χ1) is 36.8. The second-order valence-electron chi connectivity index (χ2n) is 18.6. The maximum Gasteiger partial charge on any atom is 0.338 e. The number of sulfonamides is 1. The number of β-lactam (4-membered cyclic amide) rings is 1. The molecule has 1 aliphatic rings. The minimum Gasteiger partial charge on any atom is -0.460 e. The highest BCUT2D eigenvalue weighted by atomic mass is 32.2. The van der Waals surface area contributed by atoms with E-state index in [-0.39, 0.29) is 47.5 Å². The summed E-state index contributed by atoms with van der Waals surface area (Å²) < 4.78 is 48.9. The molecule has 0 aliphatic carbocycles. The maximum absolute atomic E-state index is 15.6. The van der Waals surface area contributed by atoms with Crippen LogP contribution in [0.25, 0.3) is 0 Å². The van der Waals surface area contributed by atoms with Gasteiger partial charge in [-0.25, -0.2) is 27.5 Å².